The van der Waals surface area contributed by atoms with Gasteiger partial charge in [-0.3, -0.25) is 0 Å². The number of aromatic nitrogens is 1. The van der Waals surface area contributed by atoms with Crippen molar-refractivity contribution in [1.82, 2.24) is 4.57 Å². The third kappa shape index (κ3) is 2.29. The van der Waals surface area contributed by atoms with Gasteiger partial charge in [0.2, 0.25) is 0 Å². The van der Waals surface area contributed by atoms with Gasteiger partial charge in [0.15, 0.2) is 0 Å². The van der Waals surface area contributed by atoms with E-state index in [1.165, 1.54) is 16.7 Å². The summed E-state index contributed by atoms with van der Waals surface area (Å²) in [7, 11) is 0. The monoisotopic (exact) mass is 283 g/mol. The Morgan fingerprint density at radius 3 is 2.15 bits per heavy atom. The first-order valence-electron chi connectivity index (χ1n) is 5.92. The first-order valence-corrected chi connectivity index (χ1v) is 5.92. The highest BCUT2D eigenvalue weighted by Gasteiger charge is 2.22. The smallest absolute Gasteiger partial charge is 0.352 e. The summed E-state index contributed by atoms with van der Waals surface area (Å²) < 4.78 is 41.8. The van der Waals surface area contributed by atoms with E-state index in [-0.39, 0.29) is 17.4 Å². The van der Waals surface area contributed by atoms with Crippen LogP contribution in [-0.2, 0) is 0 Å². The van der Waals surface area contributed by atoms with Gasteiger partial charge in [-0.25, -0.2) is 18.0 Å². The van der Waals surface area contributed by atoms with Crippen LogP contribution in [0.3, 0.4) is 0 Å². The van der Waals surface area contributed by atoms with Gasteiger partial charge in [0, 0.05) is 18.2 Å². The Bertz CT molecular complexity index is 654. The maximum Gasteiger partial charge on any atom is 0.352 e. The molecule has 0 radical (unpaired) electrons. The van der Waals surface area contributed by atoms with Crippen LogP contribution in [0.2, 0.25) is 0 Å². The minimum absolute atomic E-state index is 0.0624. The van der Waals surface area contributed by atoms with E-state index >= 15 is 0 Å². The molecular weight excluding hydrogens is 271 g/mol. The van der Waals surface area contributed by atoms with Crippen molar-refractivity contribution >= 4 is 5.97 Å². The van der Waals surface area contributed by atoms with Gasteiger partial charge in [-0.15, -0.1) is 0 Å². The lowest BCUT2D eigenvalue weighted by molar-refractivity contribution is 0.0683. The summed E-state index contributed by atoms with van der Waals surface area (Å²) in [6.45, 7) is 3.38. The molecule has 0 fully saturated rings. The highest BCUT2D eigenvalue weighted by Crippen LogP contribution is 2.31. The standard InChI is InChI=1S/C14H12F3NO2/c1-7(2)18-11(3-4-12(18)14(19)20)13-9(16)5-8(15)6-10(13)17/h3-7H,1-2H3,(H,19,20). The Hall–Kier alpha value is -2.24. The van der Waals surface area contributed by atoms with E-state index < -0.39 is 29.0 Å². The predicted molar refractivity (Wildman–Crippen MR) is 67.1 cm³/mol. The lowest BCUT2D eigenvalue weighted by atomic mass is 10.1. The Morgan fingerprint density at radius 2 is 1.70 bits per heavy atom. The number of hydrogen-bond donors (Lipinski definition) is 1. The molecule has 0 saturated heterocycles. The van der Waals surface area contributed by atoms with E-state index in [4.69, 9.17) is 5.11 Å². The Morgan fingerprint density at radius 1 is 1.15 bits per heavy atom. The summed E-state index contributed by atoms with van der Waals surface area (Å²) in [6.07, 6.45) is 0. The molecule has 1 N–H and O–H groups in total. The van der Waals surface area contributed by atoms with Crippen molar-refractivity contribution in [2.24, 2.45) is 0 Å². The molecule has 20 heavy (non-hydrogen) atoms. The Balaban J connectivity index is 2.74. The van der Waals surface area contributed by atoms with E-state index in [0.717, 1.165) is 0 Å². The van der Waals surface area contributed by atoms with Gasteiger partial charge in [-0.2, -0.15) is 0 Å². The summed E-state index contributed by atoms with van der Waals surface area (Å²) in [5.74, 6) is -4.36. The van der Waals surface area contributed by atoms with E-state index in [0.29, 0.717) is 12.1 Å². The van der Waals surface area contributed by atoms with Gasteiger partial charge in [-0.05, 0) is 26.0 Å². The van der Waals surface area contributed by atoms with Gasteiger partial charge in [0.05, 0.1) is 11.3 Å². The van der Waals surface area contributed by atoms with Crippen molar-refractivity contribution in [2.45, 2.75) is 19.9 Å². The molecule has 1 aromatic heterocycles. The highest BCUT2D eigenvalue weighted by molar-refractivity contribution is 5.87. The van der Waals surface area contributed by atoms with E-state index in [2.05, 4.69) is 0 Å². The maximum absolute atomic E-state index is 13.8. The van der Waals surface area contributed by atoms with Crippen LogP contribution in [0.15, 0.2) is 24.3 Å². The second-order valence-corrected chi connectivity index (χ2v) is 4.62. The summed E-state index contributed by atoms with van der Waals surface area (Å²) in [5.41, 5.74) is -0.460. The number of carboxylic acid groups (broad SMARTS) is 1. The topological polar surface area (TPSA) is 42.2 Å². The maximum atomic E-state index is 13.8. The quantitative estimate of drug-likeness (QED) is 0.929. The predicted octanol–water partition coefficient (Wildman–Crippen LogP) is 3.85. The average molecular weight is 283 g/mol. The van der Waals surface area contributed by atoms with Crippen molar-refractivity contribution in [1.29, 1.82) is 0 Å². The molecule has 0 aliphatic carbocycles. The number of aromatic carboxylic acids is 1. The highest BCUT2D eigenvalue weighted by atomic mass is 19.1. The fourth-order valence-electron chi connectivity index (χ4n) is 2.17. The first kappa shape index (κ1) is 14.2. The number of halogens is 3. The van der Waals surface area contributed by atoms with E-state index in [1.807, 2.05) is 0 Å². The minimum atomic E-state index is -1.20. The van der Waals surface area contributed by atoms with Gasteiger partial charge in [-0.1, -0.05) is 0 Å². The normalized spacial score (nSPS) is 11.1. The van der Waals surface area contributed by atoms with Crippen molar-refractivity contribution < 1.29 is 23.1 Å². The molecule has 0 aliphatic heterocycles. The number of carbonyl (C=O) groups is 1. The van der Waals surface area contributed by atoms with Crippen molar-refractivity contribution in [3.63, 3.8) is 0 Å². The fraction of sp³-hybridized carbons (Fsp3) is 0.214. The second kappa shape index (κ2) is 5.03. The number of carboxylic acids is 1. The third-order valence-corrected chi connectivity index (χ3v) is 2.92. The zero-order chi connectivity index (χ0) is 15.0. The number of hydrogen-bond acceptors (Lipinski definition) is 1. The van der Waals surface area contributed by atoms with E-state index in [9.17, 15) is 18.0 Å². The molecule has 0 saturated carbocycles. The third-order valence-electron chi connectivity index (χ3n) is 2.92. The van der Waals surface area contributed by atoms with Crippen LogP contribution < -0.4 is 0 Å². The number of benzene rings is 1. The van der Waals surface area contributed by atoms with Gasteiger partial charge in [0.1, 0.15) is 23.1 Å². The molecule has 1 heterocycles. The largest absolute Gasteiger partial charge is 0.477 e. The van der Waals surface area contributed by atoms with Crippen LogP contribution in [0.25, 0.3) is 11.3 Å². The van der Waals surface area contributed by atoms with Crippen LogP contribution in [0.5, 0.6) is 0 Å². The summed E-state index contributed by atoms with van der Waals surface area (Å²) in [4.78, 5) is 11.1. The second-order valence-electron chi connectivity index (χ2n) is 4.62. The van der Waals surface area contributed by atoms with Crippen molar-refractivity contribution in [2.75, 3.05) is 0 Å². The molecule has 0 unspecified atom stereocenters. The summed E-state index contributed by atoms with van der Waals surface area (Å²) >= 11 is 0. The van der Waals surface area contributed by atoms with Crippen LogP contribution in [0, 0.1) is 17.5 Å². The molecule has 0 bridgehead atoms. The summed E-state index contributed by atoms with van der Waals surface area (Å²) in [6, 6.07) is 3.38. The first-order chi connectivity index (χ1) is 9.32. The molecule has 2 rings (SSSR count). The Kier molecular flexibility index (Phi) is 3.57. The molecule has 0 amide bonds. The molecule has 0 aliphatic rings. The zero-order valence-corrected chi connectivity index (χ0v) is 10.8. The fourth-order valence-corrected chi connectivity index (χ4v) is 2.17. The number of rotatable bonds is 3. The van der Waals surface area contributed by atoms with Crippen LogP contribution in [0.4, 0.5) is 13.2 Å². The summed E-state index contributed by atoms with van der Waals surface area (Å²) in [5, 5.41) is 9.09. The molecule has 106 valence electrons. The molecule has 2 aromatic rings. The molecule has 6 heteroatoms. The van der Waals surface area contributed by atoms with Crippen molar-refractivity contribution in [3.8, 4) is 11.3 Å². The average Bonchev–Trinajstić information content (AvgIpc) is 2.72. The van der Waals surface area contributed by atoms with Gasteiger partial charge in [0.25, 0.3) is 0 Å². The van der Waals surface area contributed by atoms with Crippen LogP contribution in [-0.4, -0.2) is 15.6 Å². The minimum Gasteiger partial charge on any atom is -0.477 e. The van der Waals surface area contributed by atoms with Gasteiger partial charge < -0.3 is 9.67 Å². The lowest BCUT2D eigenvalue weighted by Crippen LogP contribution is -2.12. The Labute approximate surface area is 113 Å². The SMILES string of the molecule is CC(C)n1c(C(=O)O)ccc1-c1c(F)cc(F)cc1F. The van der Waals surface area contributed by atoms with Crippen LogP contribution >= 0.6 is 0 Å². The zero-order valence-electron chi connectivity index (χ0n) is 10.8. The van der Waals surface area contributed by atoms with Crippen molar-refractivity contribution in [3.05, 3.63) is 47.4 Å². The van der Waals surface area contributed by atoms with Gasteiger partial charge >= 0.3 is 5.97 Å². The number of nitrogens with zero attached hydrogens (tertiary/aromatic N) is 1. The van der Waals surface area contributed by atoms with E-state index in [1.54, 1.807) is 13.8 Å². The molecule has 1 aromatic carbocycles. The molecule has 0 atom stereocenters. The molecule has 3 nitrogen and oxygen atoms in total. The molecular formula is C14H12F3NO2. The van der Waals surface area contributed by atoms with Crippen LogP contribution in [0.1, 0.15) is 30.4 Å². The molecule has 0 spiro atoms. The lowest BCUT2D eigenvalue weighted by Gasteiger charge is -2.16.